The number of carbonyl (C=O) groups excluding carboxylic acids is 3. The molecule has 0 aromatic heterocycles. The number of ether oxygens (including phenoxy) is 2. The molecule has 25 heavy (non-hydrogen) atoms. The zero-order valence-electron chi connectivity index (χ0n) is 14.1. The summed E-state index contributed by atoms with van der Waals surface area (Å²) in [6, 6.07) is 13.2. The number of Topliss-reactive ketones (excluding diaryl/α,β-unsaturated/α-hetero) is 2. The number of methoxy groups -OCH3 is 1. The normalized spacial score (nSPS) is 10.0. The van der Waals surface area contributed by atoms with Gasteiger partial charge < -0.3 is 14.8 Å². The molecule has 0 atom stereocenters. The van der Waals surface area contributed by atoms with Gasteiger partial charge in [0.25, 0.3) is 5.91 Å². The van der Waals surface area contributed by atoms with Crippen LogP contribution in [0.1, 0.15) is 23.7 Å². The van der Waals surface area contributed by atoms with E-state index in [1.165, 1.54) is 13.2 Å². The van der Waals surface area contributed by atoms with Crippen LogP contribution < -0.4 is 14.8 Å². The van der Waals surface area contributed by atoms with Crippen LogP contribution in [0.25, 0.3) is 0 Å². The van der Waals surface area contributed by atoms with Gasteiger partial charge in [-0.05, 0) is 31.2 Å². The number of amides is 1. The SMILES string of the molecule is CCOc1ccccc1NC(=O)C(=O)CC(=O)c1cccc(OC)c1. The van der Waals surface area contributed by atoms with Gasteiger partial charge in [-0.25, -0.2) is 0 Å². The molecule has 6 heteroatoms. The molecule has 0 saturated heterocycles. The summed E-state index contributed by atoms with van der Waals surface area (Å²) in [6.07, 6.45) is -0.518. The van der Waals surface area contributed by atoms with E-state index in [4.69, 9.17) is 9.47 Å². The molecular weight excluding hydrogens is 322 g/mol. The monoisotopic (exact) mass is 341 g/mol. The van der Waals surface area contributed by atoms with Crippen molar-refractivity contribution < 1.29 is 23.9 Å². The van der Waals surface area contributed by atoms with Gasteiger partial charge in [-0.2, -0.15) is 0 Å². The Balaban J connectivity index is 2.03. The molecule has 0 fully saturated rings. The van der Waals surface area contributed by atoms with E-state index in [0.717, 1.165) is 0 Å². The molecule has 1 N–H and O–H groups in total. The highest BCUT2D eigenvalue weighted by molar-refractivity contribution is 6.44. The summed E-state index contributed by atoms with van der Waals surface area (Å²) in [5.74, 6) is -1.15. The van der Waals surface area contributed by atoms with Crippen LogP contribution in [0.2, 0.25) is 0 Å². The van der Waals surface area contributed by atoms with Gasteiger partial charge in [0.2, 0.25) is 5.78 Å². The summed E-state index contributed by atoms with van der Waals surface area (Å²) in [7, 11) is 1.48. The van der Waals surface area contributed by atoms with E-state index in [0.29, 0.717) is 29.4 Å². The molecule has 2 aromatic rings. The molecule has 0 saturated carbocycles. The summed E-state index contributed by atoms with van der Waals surface area (Å²) < 4.78 is 10.4. The molecule has 0 aliphatic rings. The Bertz CT molecular complexity index is 785. The Morgan fingerprint density at radius 1 is 1.04 bits per heavy atom. The fourth-order valence-corrected chi connectivity index (χ4v) is 2.17. The predicted octanol–water partition coefficient (Wildman–Crippen LogP) is 2.87. The summed E-state index contributed by atoms with van der Waals surface area (Å²) in [4.78, 5) is 36.3. The second-order valence-corrected chi connectivity index (χ2v) is 5.14. The summed E-state index contributed by atoms with van der Waals surface area (Å²) in [5, 5.41) is 2.48. The smallest absolute Gasteiger partial charge is 0.292 e. The molecule has 0 heterocycles. The second-order valence-electron chi connectivity index (χ2n) is 5.14. The van der Waals surface area contributed by atoms with E-state index < -0.39 is 23.9 Å². The number of benzene rings is 2. The zero-order chi connectivity index (χ0) is 18.2. The zero-order valence-corrected chi connectivity index (χ0v) is 14.1. The largest absolute Gasteiger partial charge is 0.497 e. The molecule has 1 amide bonds. The van der Waals surface area contributed by atoms with Gasteiger partial charge in [-0.15, -0.1) is 0 Å². The van der Waals surface area contributed by atoms with Crippen LogP contribution in [0.4, 0.5) is 5.69 Å². The quantitative estimate of drug-likeness (QED) is 0.453. The van der Waals surface area contributed by atoms with Crippen LogP contribution >= 0.6 is 0 Å². The number of anilines is 1. The van der Waals surface area contributed by atoms with E-state index >= 15 is 0 Å². The molecule has 0 aliphatic heterocycles. The molecule has 0 unspecified atom stereocenters. The highest BCUT2D eigenvalue weighted by atomic mass is 16.5. The van der Waals surface area contributed by atoms with Crippen molar-refractivity contribution >= 4 is 23.2 Å². The number of para-hydroxylation sites is 2. The molecular formula is C19H19NO5. The number of hydrogen-bond donors (Lipinski definition) is 1. The average molecular weight is 341 g/mol. The van der Waals surface area contributed by atoms with Crippen molar-refractivity contribution in [1.29, 1.82) is 0 Å². The van der Waals surface area contributed by atoms with Gasteiger partial charge in [0.1, 0.15) is 11.5 Å². The minimum Gasteiger partial charge on any atom is -0.497 e. The fraction of sp³-hybridized carbons (Fsp3) is 0.211. The van der Waals surface area contributed by atoms with Crippen molar-refractivity contribution in [3.05, 3.63) is 54.1 Å². The number of rotatable bonds is 8. The molecule has 0 bridgehead atoms. The Kier molecular flexibility index (Phi) is 6.28. The third-order valence-electron chi connectivity index (χ3n) is 3.40. The van der Waals surface area contributed by atoms with E-state index in [1.54, 1.807) is 42.5 Å². The second kappa shape index (κ2) is 8.63. The number of hydrogen-bond acceptors (Lipinski definition) is 5. The molecule has 2 rings (SSSR count). The summed E-state index contributed by atoms with van der Waals surface area (Å²) in [5.41, 5.74) is 0.701. The first-order valence-corrected chi connectivity index (χ1v) is 7.78. The standard InChI is InChI=1S/C19H19NO5/c1-3-25-18-10-5-4-9-15(18)20-19(23)17(22)12-16(21)13-7-6-8-14(11-13)24-2/h4-11H,3,12H2,1-2H3,(H,20,23). The van der Waals surface area contributed by atoms with Crippen molar-refractivity contribution in [3.63, 3.8) is 0 Å². The molecule has 0 spiro atoms. The lowest BCUT2D eigenvalue weighted by molar-refractivity contribution is -0.134. The minimum atomic E-state index is -0.858. The maximum atomic E-state index is 12.2. The van der Waals surface area contributed by atoms with Gasteiger partial charge >= 0.3 is 0 Å². The van der Waals surface area contributed by atoms with Gasteiger partial charge in [-0.1, -0.05) is 24.3 Å². The topological polar surface area (TPSA) is 81.7 Å². The van der Waals surface area contributed by atoms with Crippen molar-refractivity contribution in [1.82, 2.24) is 0 Å². The van der Waals surface area contributed by atoms with Crippen LogP contribution in [-0.2, 0) is 9.59 Å². The Morgan fingerprint density at radius 3 is 2.52 bits per heavy atom. The van der Waals surface area contributed by atoms with E-state index in [-0.39, 0.29) is 0 Å². The number of nitrogens with one attached hydrogen (secondary N) is 1. The van der Waals surface area contributed by atoms with Crippen LogP contribution in [0.15, 0.2) is 48.5 Å². The maximum Gasteiger partial charge on any atom is 0.292 e. The average Bonchev–Trinajstić information content (AvgIpc) is 2.63. The van der Waals surface area contributed by atoms with Crippen LogP contribution in [0, 0.1) is 0 Å². The summed E-state index contributed by atoms with van der Waals surface area (Å²) in [6.45, 7) is 2.24. The van der Waals surface area contributed by atoms with E-state index in [2.05, 4.69) is 5.32 Å². The van der Waals surface area contributed by atoms with Gasteiger partial charge in [-0.3, -0.25) is 14.4 Å². The van der Waals surface area contributed by atoms with Crippen molar-refractivity contribution in [2.45, 2.75) is 13.3 Å². The van der Waals surface area contributed by atoms with Crippen molar-refractivity contribution in [3.8, 4) is 11.5 Å². The van der Waals surface area contributed by atoms with Crippen LogP contribution in [0.5, 0.6) is 11.5 Å². The Hall–Kier alpha value is -3.15. The van der Waals surface area contributed by atoms with Crippen molar-refractivity contribution in [2.75, 3.05) is 19.0 Å². The Labute approximate surface area is 145 Å². The van der Waals surface area contributed by atoms with Gasteiger partial charge in [0, 0.05) is 5.56 Å². The number of carbonyl (C=O) groups is 3. The van der Waals surface area contributed by atoms with Gasteiger partial charge in [0.15, 0.2) is 5.78 Å². The summed E-state index contributed by atoms with van der Waals surface area (Å²) >= 11 is 0. The number of ketones is 2. The molecule has 130 valence electrons. The first-order valence-electron chi connectivity index (χ1n) is 7.78. The third kappa shape index (κ3) is 4.91. The van der Waals surface area contributed by atoms with Gasteiger partial charge in [0.05, 0.1) is 25.8 Å². The predicted molar refractivity (Wildman–Crippen MR) is 93.2 cm³/mol. The fourth-order valence-electron chi connectivity index (χ4n) is 2.17. The first kappa shape index (κ1) is 18.2. The molecule has 0 aliphatic carbocycles. The van der Waals surface area contributed by atoms with E-state index in [9.17, 15) is 14.4 Å². The molecule has 0 radical (unpaired) electrons. The third-order valence-corrected chi connectivity index (χ3v) is 3.40. The molecule has 6 nitrogen and oxygen atoms in total. The lowest BCUT2D eigenvalue weighted by Gasteiger charge is -2.10. The van der Waals surface area contributed by atoms with Crippen molar-refractivity contribution in [2.24, 2.45) is 0 Å². The highest BCUT2D eigenvalue weighted by Crippen LogP contribution is 2.23. The Morgan fingerprint density at radius 2 is 1.80 bits per heavy atom. The lowest BCUT2D eigenvalue weighted by Crippen LogP contribution is -2.25. The minimum absolute atomic E-state index is 0.315. The van der Waals surface area contributed by atoms with Crippen LogP contribution in [0.3, 0.4) is 0 Å². The van der Waals surface area contributed by atoms with E-state index in [1.807, 2.05) is 6.92 Å². The lowest BCUT2D eigenvalue weighted by atomic mass is 10.1. The highest BCUT2D eigenvalue weighted by Gasteiger charge is 2.20. The maximum absolute atomic E-state index is 12.2. The van der Waals surface area contributed by atoms with Crippen LogP contribution in [-0.4, -0.2) is 31.2 Å². The molecule has 2 aromatic carbocycles. The first-order chi connectivity index (χ1) is 12.0.